The molecule has 11 heteroatoms. The molecule has 1 amide bonds. The van der Waals surface area contributed by atoms with Crippen LogP contribution in [-0.2, 0) is 24.3 Å². The van der Waals surface area contributed by atoms with Crippen LogP contribution >= 0.6 is 0 Å². The Hall–Kier alpha value is -3.05. The number of amides is 1. The lowest BCUT2D eigenvalue weighted by Crippen LogP contribution is -2.42. The number of carbonyl (C=O) groups is 2. The Balaban J connectivity index is 1.68. The van der Waals surface area contributed by atoms with E-state index in [0.717, 1.165) is 9.87 Å². The summed E-state index contributed by atoms with van der Waals surface area (Å²) in [6, 6.07) is 8.05. The number of carbonyl (C=O) groups excluding carboxylic acids is 2. The molecule has 1 N–H and O–H groups in total. The molecule has 0 bridgehead atoms. The molecule has 0 radical (unpaired) electrons. The van der Waals surface area contributed by atoms with Gasteiger partial charge in [0.05, 0.1) is 10.6 Å². The molecule has 0 spiro atoms. The fourth-order valence-corrected chi connectivity index (χ4v) is 6.20. The number of nitrogens with zero attached hydrogens (tertiary/aromatic N) is 1. The summed E-state index contributed by atoms with van der Waals surface area (Å²) in [7, 11) is -3.97. The summed E-state index contributed by atoms with van der Waals surface area (Å²) in [6.45, 7) is 1.64. The van der Waals surface area contributed by atoms with Gasteiger partial charge in [-0.25, -0.2) is 8.42 Å². The highest BCUT2D eigenvalue weighted by molar-refractivity contribution is 7.89. The van der Waals surface area contributed by atoms with Crippen LogP contribution in [0.3, 0.4) is 0 Å². The van der Waals surface area contributed by atoms with Gasteiger partial charge in [-0.3, -0.25) is 9.59 Å². The zero-order valence-corrected chi connectivity index (χ0v) is 19.8. The number of benzene rings is 2. The number of halogens is 2. The van der Waals surface area contributed by atoms with Gasteiger partial charge in [0.2, 0.25) is 10.0 Å². The van der Waals surface area contributed by atoms with Crippen molar-refractivity contribution in [2.24, 2.45) is 0 Å². The molecule has 1 aliphatic heterocycles. The number of esters is 1. The van der Waals surface area contributed by atoms with E-state index in [1.54, 1.807) is 26.0 Å². The van der Waals surface area contributed by atoms with E-state index in [2.05, 4.69) is 10.1 Å². The normalized spacial score (nSPS) is 16.5. The number of hydrogen-bond acceptors (Lipinski definition) is 6. The van der Waals surface area contributed by atoms with E-state index >= 15 is 0 Å². The van der Waals surface area contributed by atoms with Crippen LogP contribution < -0.4 is 10.1 Å². The number of ether oxygens (including phenoxy) is 2. The lowest BCUT2D eigenvalue weighted by Gasteiger charge is -2.24. The number of nitrogens with one attached hydrogen (secondary N) is 1. The van der Waals surface area contributed by atoms with Crippen molar-refractivity contribution in [2.75, 3.05) is 18.5 Å². The SMILES string of the molecule is Cc1cc(C)c(S(=O)(=O)N2CCCC2C(=O)OCC(=O)Nc2ccccc2OC(F)F)c(C)c1. The first-order chi connectivity index (χ1) is 16.0. The van der Waals surface area contributed by atoms with Crippen LogP contribution in [0, 0.1) is 20.8 Å². The van der Waals surface area contributed by atoms with Crippen LogP contribution in [0.15, 0.2) is 41.3 Å². The summed E-state index contributed by atoms with van der Waals surface area (Å²) in [5.74, 6) is -1.87. The van der Waals surface area contributed by atoms with Gasteiger partial charge in [-0.1, -0.05) is 29.8 Å². The minimum absolute atomic E-state index is 0.0146. The number of rotatable bonds is 8. The van der Waals surface area contributed by atoms with Gasteiger partial charge in [0, 0.05) is 6.54 Å². The average molecular weight is 497 g/mol. The van der Waals surface area contributed by atoms with E-state index < -0.39 is 41.2 Å². The van der Waals surface area contributed by atoms with Crippen molar-refractivity contribution in [1.82, 2.24) is 4.31 Å². The molecule has 8 nitrogen and oxygen atoms in total. The van der Waals surface area contributed by atoms with Crippen LogP contribution in [0.25, 0.3) is 0 Å². The molecule has 0 aliphatic carbocycles. The van der Waals surface area contributed by atoms with E-state index in [1.807, 2.05) is 6.92 Å². The Bertz CT molecular complexity index is 1160. The topological polar surface area (TPSA) is 102 Å². The van der Waals surface area contributed by atoms with Gasteiger partial charge in [0.15, 0.2) is 6.61 Å². The molecule has 1 saturated heterocycles. The molecule has 0 aromatic heterocycles. The summed E-state index contributed by atoms with van der Waals surface area (Å²) >= 11 is 0. The van der Waals surface area contributed by atoms with Crippen LogP contribution in [0.4, 0.5) is 14.5 Å². The van der Waals surface area contributed by atoms with Gasteiger partial charge in [0.25, 0.3) is 5.91 Å². The molecule has 1 heterocycles. The Morgan fingerprint density at radius 2 is 1.79 bits per heavy atom. The number of aryl methyl sites for hydroxylation is 3. The van der Waals surface area contributed by atoms with Crippen LogP contribution in [0.5, 0.6) is 5.75 Å². The average Bonchev–Trinajstić information content (AvgIpc) is 3.23. The van der Waals surface area contributed by atoms with E-state index in [4.69, 9.17) is 4.74 Å². The number of alkyl halides is 2. The van der Waals surface area contributed by atoms with Crippen molar-refractivity contribution in [1.29, 1.82) is 0 Å². The van der Waals surface area contributed by atoms with Crippen molar-refractivity contribution in [2.45, 2.75) is 51.2 Å². The lowest BCUT2D eigenvalue weighted by molar-refractivity contribution is -0.150. The monoisotopic (exact) mass is 496 g/mol. The second-order valence-corrected chi connectivity index (χ2v) is 9.86. The van der Waals surface area contributed by atoms with Gasteiger partial charge in [-0.2, -0.15) is 13.1 Å². The largest absolute Gasteiger partial charge is 0.454 e. The Kier molecular flexibility index (Phi) is 7.88. The third-order valence-electron chi connectivity index (χ3n) is 5.37. The minimum atomic E-state index is -3.97. The van der Waals surface area contributed by atoms with Crippen molar-refractivity contribution in [3.05, 3.63) is 53.1 Å². The third kappa shape index (κ3) is 5.71. The quantitative estimate of drug-likeness (QED) is 0.561. The molecule has 1 atom stereocenters. The molecular formula is C23H26F2N2O6S. The standard InChI is InChI=1S/C23H26F2N2O6S/c1-14-11-15(2)21(16(3)12-14)34(30,31)27-10-6-8-18(27)22(29)32-13-20(28)26-17-7-4-5-9-19(17)33-23(24)25/h4-5,7,9,11-12,18,23H,6,8,10,13H2,1-3H3,(H,26,28). The van der Waals surface area contributed by atoms with Gasteiger partial charge in [-0.15, -0.1) is 0 Å². The second-order valence-electron chi connectivity index (χ2n) is 8.03. The zero-order valence-electron chi connectivity index (χ0n) is 19.0. The summed E-state index contributed by atoms with van der Waals surface area (Å²) < 4.78 is 62.3. The van der Waals surface area contributed by atoms with Crippen molar-refractivity contribution in [3.8, 4) is 5.75 Å². The highest BCUT2D eigenvalue weighted by Gasteiger charge is 2.41. The summed E-state index contributed by atoms with van der Waals surface area (Å²) in [4.78, 5) is 25.1. The maximum atomic E-state index is 13.4. The predicted octanol–water partition coefficient (Wildman–Crippen LogP) is 3.55. The van der Waals surface area contributed by atoms with Crippen molar-refractivity contribution < 1.29 is 36.3 Å². The van der Waals surface area contributed by atoms with Crippen LogP contribution in [0.1, 0.15) is 29.5 Å². The zero-order chi connectivity index (χ0) is 25.0. The summed E-state index contributed by atoms with van der Waals surface area (Å²) in [6.07, 6.45) is 0.724. The van der Waals surface area contributed by atoms with Gasteiger partial charge < -0.3 is 14.8 Å². The Labute approximate surface area is 196 Å². The summed E-state index contributed by atoms with van der Waals surface area (Å²) in [5.41, 5.74) is 2.08. The first-order valence-electron chi connectivity index (χ1n) is 10.6. The maximum absolute atomic E-state index is 13.4. The molecule has 1 fully saturated rings. The predicted molar refractivity (Wildman–Crippen MR) is 120 cm³/mol. The molecule has 2 aromatic rings. The van der Waals surface area contributed by atoms with Gasteiger partial charge in [-0.05, 0) is 56.9 Å². The van der Waals surface area contributed by atoms with Crippen LogP contribution in [0.2, 0.25) is 0 Å². The lowest BCUT2D eigenvalue weighted by atomic mass is 10.1. The van der Waals surface area contributed by atoms with Gasteiger partial charge in [0.1, 0.15) is 11.8 Å². The van der Waals surface area contributed by atoms with Crippen LogP contribution in [-0.4, -0.2) is 50.4 Å². The first-order valence-corrected chi connectivity index (χ1v) is 12.0. The van der Waals surface area contributed by atoms with Crippen molar-refractivity contribution >= 4 is 27.6 Å². The highest BCUT2D eigenvalue weighted by atomic mass is 32.2. The second kappa shape index (κ2) is 10.5. The first kappa shape index (κ1) is 25.6. The molecule has 1 aliphatic rings. The number of anilines is 1. The van der Waals surface area contributed by atoms with Crippen molar-refractivity contribution in [3.63, 3.8) is 0 Å². The third-order valence-corrected chi connectivity index (χ3v) is 7.58. The molecule has 0 saturated carbocycles. The maximum Gasteiger partial charge on any atom is 0.387 e. The molecule has 2 aromatic carbocycles. The number of hydrogen-bond donors (Lipinski definition) is 1. The van der Waals surface area contributed by atoms with Gasteiger partial charge >= 0.3 is 12.6 Å². The highest BCUT2D eigenvalue weighted by Crippen LogP contribution is 2.31. The molecule has 184 valence electrons. The molecule has 1 unspecified atom stereocenters. The Morgan fingerprint density at radius 1 is 1.15 bits per heavy atom. The number of para-hydroxylation sites is 2. The van der Waals surface area contributed by atoms with E-state index in [-0.39, 0.29) is 29.3 Å². The van der Waals surface area contributed by atoms with E-state index in [9.17, 15) is 26.8 Å². The smallest absolute Gasteiger partial charge is 0.387 e. The minimum Gasteiger partial charge on any atom is -0.454 e. The fourth-order valence-electron chi connectivity index (χ4n) is 4.14. The molecular weight excluding hydrogens is 470 g/mol. The Morgan fingerprint density at radius 3 is 2.44 bits per heavy atom. The summed E-state index contributed by atoms with van der Waals surface area (Å²) in [5, 5.41) is 2.34. The number of sulfonamides is 1. The van der Waals surface area contributed by atoms with E-state index in [1.165, 1.54) is 24.3 Å². The van der Waals surface area contributed by atoms with E-state index in [0.29, 0.717) is 17.5 Å². The molecule has 3 rings (SSSR count). The molecule has 34 heavy (non-hydrogen) atoms. The fraction of sp³-hybridized carbons (Fsp3) is 0.391.